The first-order valence-electron chi connectivity index (χ1n) is 4.84. The molecule has 16 heavy (non-hydrogen) atoms. The van der Waals surface area contributed by atoms with E-state index in [1.807, 2.05) is 6.07 Å². The molecule has 0 radical (unpaired) electrons. The van der Waals surface area contributed by atoms with Crippen molar-refractivity contribution in [2.24, 2.45) is 5.92 Å². The van der Waals surface area contributed by atoms with Gasteiger partial charge in [-0.1, -0.05) is 17.7 Å². The van der Waals surface area contributed by atoms with E-state index in [-0.39, 0.29) is 5.78 Å². The van der Waals surface area contributed by atoms with Gasteiger partial charge in [0.1, 0.15) is 5.92 Å². The summed E-state index contributed by atoms with van der Waals surface area (Å²) < 4.78 is 0. The van der Waals surface area contributed by atoms with Crippen molar-refractivity contribution in [3.63, 3.8) is 0 Å². The van der Waals surface area contributed by atoms with Crippen molar-refractivity contribution < 1.29 is 4.79 Å². The third kappa shape index (κ3) is 1.68. The quantitative estimate of drug-likeness (QED) is 0.809. The summed E-state index contributed by atoms with van der Waals surface area (Å²) in [6.07, 6.45) is 1.62. The van der Waals surface area contributed by atoms with E-state index < -0.39 is 5.92 Å². The number of halogens is 1. The zero-order valence-electron chi connectivity index (χ0n) is 8.62. The molecule has 0 aliphatic rings. The number of fused-ring (bicyclic) bond motifs is 1. The van der Waals surface area contributed by atoms with Gasteiger partial charge in [0, 0.05) is 27.7 Å². The number of nitriles is 1. The Balaban J connectivity index is 2.55. The maximum Gasteiger partial charge on any atom is 0.181 e. The van der Waals surface area contributed by atoms with Crippen LogP contribution in [0.4, 0.5) is 0 Å². The molecule has 1 N–H and O–H groups in total. The van der Waals surface area contributed by atoms with Gasteiger partial charge < -0.3 is 4.98 Å². The van der Waals surface area contributed by atoms with E-state index in [0.29, 0.717) is 10.6 Å². The van der Waals surface area contributed by atoms with Crippen molar-refractivity contribution in [2.75, 3.05) is 0 Å². The van der Waals surface area contributed by atoms with E-state index in [4.69, 9.17) is 16.9 Å². The fourth-order valence-electron chi connectivity index (χ4n) is 1.59. The summed E-state index contributed by atoms with van der Waals surface area (Å²) in [6, 6.07) is 7.21. The summed E-state index contributed by atoms with van der Waals surface area (Å²) in [5.74, 6) is -0.800. The van der Waals surface area contributed by atoms with Crippen molar-refractivity contribution in [3.05, 3.63) is 35.0 Å². The van der Waals surface area contributed by atoms with Gasteiger partial charge in [-0.25, -0.2) is 0 Å². The molecule has 3 nitrogen and oxygen atoms in total. The average Bonchev–Trinajstić information content (AvgIpc) is 2.69. The van der Waals surface area contributed by atoms with Gasteiger partial charge in [0.15, 0.2) is 5.78 Å². The lowest BCUT2D eigenvalue weighted by Gasteiger charge is -1.99. The maximum atomic E-state index is 11.9. The minimum Gasteiger partial charge on any atom is -0.360 e. The van der Waals surface area contributed by atoms with Crippen LogP contribution in [0.15, 0.2) is 24.4 Å². The van der Waals surface area contributed by atoms with E-state index in [9.17, 15) is 4.79 Å². The molecule has 0 aliphatic carbocycles. The lowest BCUT2D eigenvalue weighted by molar-refractivity contribution is 0.0958. The Hall–Kier alpha value is -1.79. The number of ketones is 1. The number of carbonyl (C=O) groups is 1. The highest BCUT2D eigenvalue weighted by Crippen LogP contribution is 2.23. The van der Waals surface area contributed by atoms with E-state index in [2.05, 4.69) is 4.98 Å². The molecule has 1 heterocycles. The molecule has 2 rings (SSSR count). The number of aromatic nitrogens is 1. The first kappa shape index (κ1) is 10.7. The Labute approximate surface area is 97.6 Å². The molecule has 0 saturated heterocycles. The number of nitrogens with one attached hydrogen (secondary N) is 1. The molecule has 0 saturated carbocycles. The monoisotopic (exact) mass is 232 g/mol. The minimum atomic E-state index is -0.630. The van der Waals surface area contributed by atoms with Crippen molar-refractivity contribution in [1.29, 1.82) is 5.26 Å². The predicted octanol–water partition coefficient (Wildman–Crippen LogP) is 3.16. The van der Waals surface area contributed by atoms with E-state index >= 15 is 0 Å². The normalized spacial score (nSPS) is 12.3. The lowest BCUT2D eigenvalue weighted by Crippen LogP contribution is -2.08. The third-order valence-electron chi connectivity index (χ3n) is 2.50. The SMILES string of the molecule is CC(C#N)C(=O)c1c[nH]c2cc(Cl)ccc12. The molecule has 1 unspecified atom stereocenters. The second kappa shape index (κ2) is 3.99. The van der Waals surface area contributed by atoms with Crippen molar-refractivity contribution in [3.8, 4) is 6.07 Å². The summed E-state index contributed by atoms with van der Waals surface area (Å²) in [4.78, 5) is 14.8. The van der Waals surface area contributed by atoms with Gasteiger partial charge in [0.05, 0.1) is 6.07 Å². The predicted molar refractivity (Wildman–Crippen MR) is 62.4 cm³/mol. The zero-order chi connectivity index (χ0) is 11.7. The number of aromatic amines is 1. The third-order valence-corrected chi connectivity index (χ3v) is 2.73. The largest absolute Gasteiger partial charge is 0.360 e. The lowest BCUT2D eigenvalue weighted by atomic mass is 10.0. The first-order valence-corrected chi connectivity index (χ1v) is 5.21. The van der Waals surface area contributed by atoms with Crippen LogP contribution in [0.5, 0.6) is 0 Å². The average molecular weight is 233 g/mol. The van der Waals surface area contributed by atoms with Gasteiger partial charge in [-0.3, -0.25) is 4.79 Å². The van der Waals surface area contributed by atoms with Gasteiger partial charge in [0.2, 0.25) is 0 Å². The molecule has 0 aliphatic heterocycles. The van der Waals surface area contributed by atoms with Crippen LogP contribution in [0.3, 0.4) is 0 Å². The minimum absolute atomic E-state index is 0.170. The van der Waals surface area contributed by atoms with E-state index in [1.54, 1.807) is 31.3 Å². The Morgan fingerprint density at radius 1 is 1.56 bits per heavy atom. The van der Waals surface area contributed by atoms with Crippen molar-refractivity contribution in [1.82, 2.24) is 4.98 Å². The topological polar surface area (TPSA) is 56.6 Å². The second-order valence-corrected chi connectivity index (χ2v) is 4.04. The highest BCUT2D eigenvalue weighted by molar-refractivity contribution is 6.31. The van der Waals surface area contributed by atoms with Gasteiger partial charge in [-0.15, -0.1) is 0 Å². The van der Waals surface area contributed by atoms with Crippen LogP contribution in [-0.2, 0) is 0 Å². The van der Waals surface area contributed by atoms with Crippen LogP contribution in [-0.4, -0.2) is 10.8 Å². The molecular weight excluding hydrogens is 224 g/mol. The van der Waals surface area contributed by atoms with Gasteiger partial charge >= 0.3 is 0 Å². The molecule has 0 amide bonds. The summed E-state index contributed by atoms with van der Waals surface area (Å²) in [7, 11) is 0. The van der Waals surface area contributed by atoms with Gasteiger partial charge in [-0.05, 0) is 19.1 Å². The fourth-order valence-corrected chi connectivity index (χ4v) is 1.77. The number of hydrogen-bond donors (Lipinski definition) is 1. The molecule has 4 heteroatoms. The molecular formula is C12H9ClN2O. The van der Waals surface area contributed by atoms with Crippen LogP contribution < -0.4 is 0 Å². The molecule has 0 fully saturated rings. The number of H-pyrrole nitrogens is 1. The van der Waals surface area contributed by atoms with Crippen LogP contribution in [0.1, 0.15) is 17.3 Å². The number of Topliss-reactive ketones (excluding diaryl/α,β-unsaturated/α-hetero) is 1. The van der Waals surface area contributed by atoms with Gasteiger partial charge in [-0.2, -0.15) is 5.26 Å². The maximum absolute atomic E-state index is 11.9. The Morgan fingerprint density at radius 3 is 3.00 bits per heavy atom. The number of hydrogen-bond acceptors (Lipinski definition) is 2. The number of benzene rings is 1. The second-order valence-electron chi connectivity index (χ2n) is 3.61. The summed E-state index contributed by atoms with van der Waals surface area (Å²) in [6.45, 7) is 1.59. The van der Waals surface area contributed by atoms with Crippen molar-refractivity contribution >= 4 is 28.3 Å². The molecule has 1 atom stereocenters. The van der Waals surface area contributed by atoms with Crippen LogP contribution in [0.2, 0.25) is 5.02 Å². The Kier molecular flexibility index (Phi) is 2.67. The van der Waals surface area contributed by atoms with Crippen molar-refractivity contribution in [2.45, 2.75) is 6.92 Å². The zero-order valence-corrected chi connectivity index (χ0v) is 9.38. The van der Waals surface area contributed by atoms with E-state index in [0.717, 1.165) is 10.9 Å². The standard InChI is InChI=1S/C12H9ClN2O/c1-7(5-14)12(16)10-6-15-11-4-8(13)2-3-9(10)11/h2-4,6-7,15H,1H3. The van der Waals surface area contributed by atoms with Gasteiger partial charge in [0.25, 0.3) is 0 Å². The smallest absolute Gasteiger partial charge is 0.181 e. The molecule has 2 aromatic rings. The Bertz CT molecular complexity index is 595. The summed E-state index contributed by atoms with van der Waals surface area (Å²) in [5.41, 5.74) is 1.35. The summed E-state index contributed by atoms with van der Waals surface area (Å²) in [5, 5.41) is 10.1. The van der Waals surface area contributed by atoms with Crippen LogP contribution in [0, 0.1) is 17.2 Å². The molecule has 80 valence electrons. The molecule has 1 aromatic heterocycles. The molecule has 0 spiro atoms. The number of rotatable bonds is 2. The number of nitrogens with zero attached hydrogens (tertiary/aromatic N) is 1. The molecule has 0 bridgehead atoms. The number of carbonyl (C=O) groups excluding carboxylic acids is 1. The first-order chi connectivity index (χ1) is 7.63. The highest BCUT2D eigenvalue weighted by atomic mass is 35.5. The Morgan fingerprint density at radius 2 is 2.31 bits per heavy atom. The highest BCUT2D eigenvalue weighted by Gasteiger charge is 2.18. The fraction of sp³-hybridized carbons (Fsp3) is 0.167. The summed E-state index contributed by atoms with van der Waals surface area (Å²) >= 11 is 5.84. The van der Waals surface area contributed by atoms with Crippen LogP contribution >= 0.6 is 11.6 Å². The molecule has 1 aromatic carbocycles. The van der Waals surface area contributed by atoms with E-state index in [1.165, 1.54) is 0 Å². The van der Waals surface area contributed by atoms with Crippen LogP contribution in [0.25, 0.3) is 10.9 Å².